The van der Waals surface area contributed by atoms with Gasteiger partial charge in [0, 0.05) is 30.9 Å². The van der Waals surface area contributed by atoms with Crippen LogP contribution in [0.25, 0.3) is 11.3 Å². The summed E-state index contributed by atoms with van der Waals surface area (Å²) in [6.45, 7) is 3.49. The van der Waals surface area contributed by atoms with E-state index in [9.17, 15) is 18.4 Å². The Morgan fingerprint density at radius 1 is 1.27 bits per heavy atom. The first-order valence-corrected chi connectivity index (χ1v) is 8.09. The van der Waals surface area contributed by atoms with Gasteiger partial charge in [0.1, 0.15) is 11.6 Å². The molecule has 0 radical (unpaired) electrons. The zero-order chi connectivity index (χ0) is 19.3. The second-order valence-electron chi connectivity index (χ2n) is 6.57. The molecular formula is C18H20F2N2O4. The van der Waals surface area contributed by atoms with Gasteiger partial charge in [-0.2, -0.15) is 0 Å². The van der Waals surface area contributed by atoms with E-state index in [2.05, 4.69) is 10.3 Å². The second kappa shape index (κ2) is 8.07. The molecule has 26 heavy (non-hydrogen) atoms. The number of nitrogens with one attached hydrogen (secondary N) is 1. The van der Waals surface area contributed by atoms with Crippen molar-refractivity contribution in [1.82, 2.24) is 10.3 Å². The number of carbonyl (C=O) groups is 2. The lowest BCUT2D eigenvalue weighted by molar-refractivity contribution is -0.137. The Bertz CT molecular complexity index is 802. The molecule has 1 aromatic heterocycles. The third kappa shape index (κ3) is 5.65. The van der Waals surface area contributed by atoms with Gasteiger partial charge < -0.3 is 14.8 Å². The lowest BCUT2D eigenvalue weighted by Crippen LogP contribution is -2.43. The lowest BCUT2D eigenvalue weighted by Gasteiger charge is -2.25. The third-order valence-electron chi connectivity index (χ3n) is 3.76. The van der Waals surface area contributed by atoms with Gasteiger partial charge in [0.25, 0.3) is 0 Å². The maximum atomic E-state index is 13.7. The van der Waals surface area contributed by atoms with Crippen molar-refractivity contribution in [2.75, 3.05) is 0 Å². The van der Waals surface area contributed by atoms with Gasteiger partial charge in [-0.3, -0.25) is 9.59 Å². The van der Waals surface area contributed by atoms with Crippen LogP contribution in [-0.4, -0.2) is 27.5 Å². The Kier molecular flexibility index (Phi) is 6.07. The van der Waals surface area contributed by atoms with Gasteiger partial charge in [-0.15, -0.1) is 0 Å². The molecule has 140 valence electrons. The predicted octanol–water partition coefficient (Wildman–Crippen LogP) is 3.31. The minimum Gasteiger partial charge on any atom is -0.481 e. The van der Waals surface area contributed by atoms with E-state index in [0.717, 1.165) is 12.1 Å². The highest BCUT2D eigenvalue weighted by atomic mass is 19.1. The van der Waals surface area contributed by atoms with Gasteiger partial charge in [0.2, 0.25) is 5.91 Å². The maximum Gasteiger partial charge on any atom is 0.303 e. The Morgan fingerprint density at radius 2 is 2.00 bits per heavy atom. The molecule has 0 bridgehead atoms. The van der Waals surface area contributed by atoms with Crippen LogP contribution in [0.2, 0.25) is 0 Å². The normalized spacial score (nSPS) is 11.4. The predicted molar refractivity (Wildman–Crippen MR) is 89.3 cm³/mol. The SMILES string of the molecule is CC(C)(CCC(=O)O)NC(=O)CCc1ncc(-c2ccc(F)cc2F)o1. The van der Waals surface area contributed by atoms with Crippen molar-refractivity contribution in [3.8, 4) is 11.3 Å². The monoisotopic (exact) mass is 366 g/mol. The van der Waals surface area contributed by atoms with Crippen molar-refractivity contribution in [3.63, 3.8) is 0 Å². The molecule has 2 N–H and O–H groups in total. The maximum absolute atomic E-state index is 13.7. The molecule has 2 rings (SSSR count). The molecule has 0 unspecified atom stereocenters. The fourth-order valence-electron chi connectivity index (χ4n) is 2.38. The van der Waals surface area contributed by atoms with Crippen LogP contribution in [0.5, 0.6) is 0 Å². The zero-order valence-electron chi connectivity index (χ0n) is 14.5. The summed E-state index contributed by atoms with van der Waals surface area (Å²) in [5.74, 6) is -2.23. The van der Waals surface area contributed by atoms with Crippen LogP contribution in [-0.2, 0) is 16.0 Å². The Labute approximate surface area is 149 Å². The van der Waals surface area contributed by atoms with Crippen molar-refractivity contribution in [2.24, 2.45) is 0 Å². The number of rotatable bonds is 8. The van der Waals surface area contributed by atoms with Gasteiger partial charge in [-0.25, -0.2) is 13.8 Å². The van der Waals surface area contributed by atoms with Crippen LogP contribution >= 0.6 is 0 Å². The molecule has 2 aromatic rings. The zero-order valence-corrected chi connectivity index (χ0v) is 14.5. The molecule has 1 heterocycles. The average Bonchev–Trinajstić information content (AvgIpc) is 2.99. The van der Waals surface area contributed by atoms with Gasteiger partial charge in [-0.1, -0.05) is 0 Å². The smallest absolute Gasteiger partial charge is 0.303 e. The molecule has 0 aliphatic heterocycles. The van der Waals surface area contributed by atoms with Crippen LogP contribution < -0.4 is 5.32 Å². The van der Waals surface area contributed by atoms with Crippen LogP contribution in [0.4, 0.5) is 8.78 Å². The number of amides is 1. The number of aliphatic carboxylic acids is 1. The molecule has 0 aliphatic rings. The van der Waals surface area contributed by atoms with Crippen molar-refractivity contribution in [3.05, 3.63) is 41.9 Å². The molecule has 0 atom stereocenters. The Hall–Kier alpha value is -2.77. The summed E-state index contributed by atoms with van der Waals surface area (Å²) in [4.78, 5) is 26.6. The molecule has 1 amide bonds. The van der Waals surface area contributed by atoms with E-state index in [1.54, 1.807) is 13.8 Å². The summed E-state index contributed by atoms with van der Waals surface area (Å²) >= 11 is 0. The molecule has 0 fully saturated rings. The number of halogens is 2. The molecule has 0 aliphatic carbocycles. The van der Waals surface area contributed by atoms with Crippen LogP contribution in [0.15, 0.2) is 28.8 Å². The van der Waals surface area contributed by atoms with E-state index in [4.69, 9.17) is 9.52 Å². The minimum atomic E-state index is -0.923. The van der Waals surface area contributed by atoms with E-state index in [1.165, 1.54) is 12.3 Å². The van der Waals surface area contributed by atoms with E-state index in [0.29, 0.717) is 6.42 Å². The number of carboxylic acid groups (broad SMARTS) is 1. The van der Waals surface area contributed by atoms with Crippen LogP contribution in [0.3, 0.4) is 0 Å². The highest BCUT2D eigenvalue weighted by Gasteiger charge is 2.21. The quantitative estimate of drug-likeness (QED) is 0.748. The lowest BCUT2D eigenvalue weighted by atomic mass is 9.98. The van der Waals surface area contributed by atoms with Gasteiger partial charge in [0.05, 0.1) is 11.8 Å². The molecule has 8 heteroatoms. The van der Waals surface area contributed by atoms with E-state index in [1.807, 2.05) is 0 Å². The Balaban J connectivity index is 1.91. The minimum absolute atomic E-state index is 0.0421. The van der Waals surface area contributed by atoms with E-state index in [-0.39, 0.29) is 42.4 Å². The molecule has 0 spiro atoms. The van der Waals surface area contributed by atoms with Crippen molar-refractivity contribution in [2.45, 2.75) is 45.1 Å². The van der Waals surface area contributed by atoms with Gasteiger partial charge in [0.15, 0.2) is 11.7 Å². The number of benzene rings is 1. The summed E-state index contributed by atoms with van der Waals surface area (Å²) in [6.07, 6.45) is 1.87. The number of aryl methyl sites for hydroxylation is 1. The average molecular weight is 366 g/mol. The fraction of sp³-hybridized carbons (Fsp3) is 0.389. The summed E-state index contributed by atoms with van der Waals surface area (Å²) < 4.78 is 32.1. The topological polar surface area (TPSA) is 92.4 Å². The summed E-state index contributed by atoms with van der Waals surface area (Å²) in [6, 6.07) is 3.13. The first kappa shape index (κ1) is 19.6. The first-order chi connectivity index (χ1) is 12.2. The number of hydrogen-bond donors (Lipinski definition) is 2. The second-order valence-corrected chi connectivity index (χ2v) is 6.57. The molecule has 6 nitrogen and oxygen atoms in total. The largest absolute Gasteiger partial charge is 0.481 e. The fourth-order valence-corrected chi connectivity index (χ4v) is 2.38. The number of carboxylic acids is 1. The molecule has 1 aromatic carbocycles. The molecule has 0 saturated heterocycles. The van der Waals surface area contributed by atoms with Crippen LogP contribution in [0, 0.1) is 11.6 Å². The van der Waals surface area contributed by atoms with Crippen molar-refractivity contribution in [1.29, 1.82) is 0 Å². The van der Waals surface area contributed by atoms with Crippen molar-refractivity contribution >= 4 is 11.9 Å². The first-order valence-electron chi connectivity index (χ1n) is 8.09. The summed E-state index contributed by atoms with van der Waals surface area (Å²) in [5, 5.41) is 11.5. The number of hydrogen-bond acceptors (Lipinski definition) is 4. The number of oxazole rings is 1. The summed E-state index contributed by atoms with van der Waals surface area (Å²) in [5.41, 5.74) is -0.557. The highest BCUT2D eigenvalue weighted by Crippen LogP contribution is 2.24. The number of nitrogens with zero attached hydrogens (tertiary/aromatic N) is 1. The van der Waals surface area contributed by atoms with E-state index >= 15 is 0 Å². The highest BCUT2D eigenvalue weighted by molar-refractivity contribution is 5.77. The number of carbonyl (C=O) groups excluding carboxylic acids is 1. The summed E-state index contributed by atoms with van der Waals surface area (Å²) in [7, 11) is 0. The van der Waals surface area contributed by atoms with Gasteiger partial charge >= 0.3 is 5.97 Å². The van der Waals surface area contributed by atoms with E-state index < -0.39 is 23.1 Å². The van der Waals surface area contributed by atoms with Crippen molar-refractivity contribution < 1.29 is 27.9 Å². The molecular weight excluding hydrogens is 346 g/mol. The Morgan fingerprint density at radius 3 is 2.65 bits per heavy atom. The standard InChI is InChI=1S/C18H20F2N2O4/c1-18(2,8-7-17(24)25)22-15(23)5-6-16-21-10-14(26-16)12-4-3-11(19)9-13(12)20/h3-4,9-10H,5-8H2,1-2H3,(H,22,23)(H,24,25). The number of aromatic nitrogens is 1. The van der Waals surface area contributed by atoms with Crippen LogP contribution in [0.1, 0.15) is 39.0 Å². The van der Waals surface area contributed by atoms with Gasteiger partial charge in [-0.05, 0) is 32.4 Å². The third-order valence-corrected chi connectivity index (χ3v) is 3.76. The molecule has 0 saturated carbocycles.